The number of carboxylic acid groups (broad SMARTS) is 1. The van der Waals surface area contributed by atoms with Crippen LogP contribution in [0.4, 0.5) is 0 Å². The van der Waals surface area contributed by atoms with Crippen LogP contribution in [0, 0.1) is 28.1 Å². The van der Waals surface area contributed by atoms with E-state index < -0.39 is 33.9 Å². The van der Waals surface area contributed by atoms with Crippen molar-refractivity contribution in [2.24, 2.45) is 28.1 Å². The second-order valence-electron chi connectivity index (χ2n) is 13.6. The number of hydrogen-bond donors (Lipinski definition) is 2. The molecule has 0 aliphatic heterocycles. The number of carbonyl (C=O) groups excluding carboxylic acids is 1. The van der Waals surface area contributed by atoms with Gasteiger partial charge >= 0.3 is 11.9 Å². The first-order valence-corrected chi connectivity index (χ1v) is 15.4. The first kappa shape index (κ1) is 28.6. The van der Waals surface area contributed by atoms with Gasteiger partial charge in [-0.1, -0.05) is 78.2 Å². The quantitative estimate of drug-likeness (QED) is 0.158. The van der Waals surface area contributed by atoms with Crippen LogP contribution in [-0.4, -0.2) is 33.9 Å². The van der Waals surface area contributed by atoms with E-state index >= 15 is 0 Å². The van der Waals surface area contributed by atoms with Gasteiger partial charge < -0.3 is 14.9 Å². The van der Waals surface area contributed by atoms with E-state index in [1.54, 1.807) is 0 Å². The van der Waals surface area contributed by atoms with Gasteiger partial charge in [0, 0.05) is 17.3 Å². The molecule has 210 valence electrons. The largest absolute Gasteiger partial charge is 0.481 e. The third-order valence-corrected chi connectivity index (χ3v) is 11.6. The van der Waals surface area contributed by atoms with E-state index in [4.69, 9.17) is 4.74 Å². The average Bonchev–Trinajstić information content (AvgIpc) is 3.07. The lowest BCUT2D eigenvalue weighted by Gasteiger charge is -2.68. The molecular weight excluding hydrogens is 464 g/mol. The van der Waals surface area contributed by atoms with Crippen molar-refractivity contribution in [1.82, 2.24) is 0 Å². The minimum absolute atomic E-state index is 0.0781. The van der Waals surface area contributed by atoms with E-state index in [2.05, 4.69) is 20.4 Å². The van der Waals surface area contributed by atoms with Crippen LogP contribution in [-0.2, 0) is 14.3 Å². The molecule has 7 unspecified atom stereocenters. The Morgan fingerprint density at radius 2 is 1.59 bits per heavy atom. The highest BCUT2D eigenvalue weighted by atomic mass is 16.5. The lowest BCUT2D eigenvalue weighted by Crippen LogP contribution is -2.71. The van der Waals surface area contributed by atoms with Crippen molar-refractivity contribution >= 4 is 11.9 Å². The summed E-state index contributed by atoms with van der Waals surface area (Å²) in [6.07, 6.45) is 16.9. The van der Waals surface area contributed by atoms with Crippen molar-refractivity contribution in [3.8, 4) is 0 Å². The minimum Gasteiger partial charge on any atom is -0.481 e. The van der Waals surface area contributed by atoms with Crippen LogP contribution >= 0.6 is 0 Å². The Kier molecular flexibility index (Phi) is 8.53. The molecule has 7 atom stereocenters. The number of unbranched alkanes of at least 4 members (excludes halogenated alkanes) is 8. The predicted molar refractivity (Wildman–Crippen MR) is 146 cm³/mol. The summed E-state index contributed by atoms with van der Waals surface area (Å²) in [6.45, 7) is 10.7. The predicted octanol–water partition coefficient (Wildman–Crippen LogP) is 7.60. The summed E-state index contributed by atoms with van der Waals surface area (Å²) in [5.74, 6) is -0.702. The molecule has 37 heavy (non-hydrogen) atoms. The fourth-order valence-electron chi connectivity index (χ4n) is 9.47. The molecule has 0 radical (unpaired) electrons. The van der Waals surface area contributed by atoms with E-state index in [9.17, 15) is 19.8 Å². The summed E-state index contributed by atoms with van der Waals surface area (Å²) in [5, 5.41) is 22.9. The van der Waals surface area contributed by atoms with Crippen LogP contribution in [0.3, 0.4) is 0 Å². The second-order valence-corrected chi connectivity index (χ2v) is 13.6. The molecule has 2 bridgehead atoms. The van der Waals surface area contributed by atoms with Crippen LogP contribution in [0.15, 0.2) is 12.2 Å². The number of carbonyl (C=O) groups is 2. The molecule has 5 heteroatoms. The van der Waals surface area contributed by atoms with Crippen molar-refractivity contribution in [1.29, 1.82) is 0 Å². The average molecular weight is 517 g/mol. The molecule has 0 aromatic carbocycles. The number of rotatable bonds is 12. The third-order valence-electron chi connectivity index (χ3n) is 11.6. The fraction of sp³-hybridized carbons (Fsp3) is 0.875. The Labute approximate surface area is 224 Å². The van der Waals surface area contributed by atoms with Gasteiger partial charge in [-0.3, -0.25) is 9.59 Å². The van der Waals surface area contributed by atoms with Gasteiger partial charge in [-0.15, -0.1) is 0 Å². The highest BCUT2D eigenvalue weighted by Crippen LogP contribution is 2.74. The number of aliphatic hydroxyl groups is 1. The molecule has 0 aromatic rings. The number of hydrogen-bond acceptors (Lipinski definition) is 4. The van der Waals surface area contributed by atoms with Gasteiger partial charge in [0.15, 0.2) is 0 Å². The van der Waals surface area contributed by atoms with Crippen molar-refractivity contribution in [3.05, 3.63) is 12.2 Å². The lowest BCUT2D eigenvalue weighted by molar-refractivity contribution is -0.278. The van der Waals surface area contributed by atoms with Crippen LogP contribution < -0.4 is 0 Å². The smallest absolute Gasteiger partial charge is 0.309 e. The molecule has 5 nitrogen and oxygen atoms in total. The summed E-state index contributed by atoms with van der Waals surface area (Å²) in [7, 11) is 0. The van der Waals surface area contributed by atoms with Gasteiger partial charge in [0.25, 0.3) is 0 Å². The number of aliphatic carboxylic acids is 1. The Bertz CT molecular complexity index is 867. The molecule has 0 heterocycles. The van der Waals surface area contributed by atoms with Crippen molar-refractivity contribution in [2.45, 2.75) is 148 Å². The molecule has 0 amide bonds. The Morgan fingerprint density at radius 3 is 2.24 bits per heavy atom. The molecule has 4 aliphatic rings. The monoisotopic (exact) mass is 516 g/mol. The summed E-state index contributed by atoms with van der Waals surface area (Å²) >= 11 is 0. The molecule has 1 spiro atoms. The van der Waals surface area contributed by atoms with Crippen LogP contribution in [0.1, 0.15) is 136 Å². The molecule has 0 saturated heterocycles. The zero-order valence-corrected chi connectivity index (χ0v) is 23.8. The van der Waals surface area contributed by atoms with Crippen LogP contribution in [0.2, 0.25) is 0 Å². The van der Waals surface area contributed by atoms with E-state index in [0.29, 0.717) is 25.7 Å². The van der Waals surface area contributed by atoms with Crippen molar-refractivity contribution < 1.29 is 24.5 Å². The van der Waals surface area contributed by atoms with Gasteiger partial charge in [0.1, 0.15) is 6.10 Å². The van der Waals surface area contributed by atoms with Crippen LogP contribution in [0.25, 0.3) is 0 Å². The topological polar surface area (TPSA) is 83.8 Å². The molecule has 0 aromatic heterocycles. The standard InChI is InChI=1S/C32H52O5/c1-5-6-7-8-9-10-11-12-13-15-26(33)37-27-23(2)24-16-21-32(36)30(4)19-14-18-29(3,28(34)35)25(30)17-20-31(27,32)22-24/h24-25,27,36H,2,5-22H2,1,3-4H3,(H,34,35). The van der Waals surface area contributed by atoms with E-state index in [0.717, 1.165) is 50.5 Å². The van der Waals surface area contributed by atoms with Crippen molar-refractivity contribution in [3.63, 3.8) is 0 Å². The second kappa shape index (κ2) is 11.0. The lowest BCUT2D eigenvalue weighted by atomic mass is 9.38. The fourth-order valence-corrected chi connectivity index (χ4v) is 9.47. The number of ether oxygens (including phenoxy) is 1. The molecule has 4 fully saturated rings. The van der Waals surface area contributed by atoms with E-state index in [1.165, 1.54) is 44.9 Å². The zero-order chi connectivity index (χ0) is 26.9. The maximum atomic E-state index is 13.0. The van der Waals surface area contributed by atoms with Gasteiger partial charge in [0.05, 0.1) is 11.0 Å². The highest BCUT2D eigenvalue weighted by molar-refractivity contribution is 5.75. The first-order chi connectivity index (χ1) is 17.6. The maximum absolute atomic E-state index is 13.0. The summed E-state index contributed by atoms with van der Waals surface area (Å²) in [4.78, 5) is 25.5. The molecule has 2 N–H and O–H groups in total. The first-order valence-electron chi connectivity index (χ1n) is 15.4. The van der Waals surface area contributed by atoms with Crippen molar-refractivity contribution in [2.75, 3.05) is 0 Å². The normalized spacial score (nSPS) is 40.6. The Morgan fingerprint density at radius 1 is 0.946 bits per heavy atom. The molecular formula is C32H52O5. The summed E-state index contributed by atoms with van der Waals surface area (Å²) < 4.78 is 6.24. The van der Waals surface area contributed by atoms with Gasteiger partial charge in [-0.2, -0.15) is 0 Å². The summed E-state index contributed by atoms with van der Waals surface area (Å²) in [6, 6.07) is 0. The Balaban J connectivity index is 1.42. The number of esters is 1. The summed E-state index contributed by atoms with van der Waals surface area (Å²) in [5.41, 5.74) is -1.93. The maximum Gasteiger partial charge on any atom is 0.309 e. The zero-order valence-electron chi connectivity index (χ0n) is 23.8. The number of carboxylic acids is 1. The van der Waals surface area contributed by atoms with Gasteiger partial charge in [-0.25, -0.2) is 0 Å². The SMILES string of the molecule is C=C1C2CCC3(O)C4(C)CCCC(C)(C(=O)O)C4CCC3(C2)C1OC(=O)CCCCCCCCCCC. The molecule has 4 aliphatic carbocycles. The third kappa shape index (κ3) is 4.70. The highest BCUT2D eigenvalue weighted by Gasteiger charge is 2.75. The van der Waals surface area contributed by atoms with Gasteiger partial charge in [-0.05, 0) is 75.7 Å². The molecule has 4 saturated carbocycles. The van der Waals surface area contributed by atoms with Gasteiger partial charge in [0.2, 0.25) is 0 Å². The Hall–Kier alpha value is -1.36. The molecule has 4 rings (SSSR count). The van der Waals surface area contributed by atoms with Crippen LogP contribution in [0.5, 0.6) is 0 Å². The minimum atomic E-state index is -1.04. The van der Waals surface area contributed by atoms with E-state index in [1.807, 2.05) is 6.92 Å². The number of fused-ring (bicyclic) bond motifs is 3. The van der Waals surface area contributed by atoms with E-state index in [-0.39, 0.29) is 17.8 Å².